The third-order valence-corrected chi connectivity index (χ3v) is 2.98. The van der Waals surface area contributed by atoms with Crippen LogP contribution in [-0.2, 0) is 0 Å². The van der Waals surface area contributed by atoms with E-state index in [1.807, 2.05) is 26.8 Å². The third-order valence-electron chi connectivity index (χ3n) is 2.98. The molecule has 94 valence electrons. The van der Waals surface area contributed by atoms with Gasteiger partial charge < -0.3 is 4.74 Å². The van der Waals surface area contributed by atoms with Crippen molar-refractivity contribution in [2.45, 2.75) is 27.7 Å². The maximum atomic E-state index is 5.33. The van der Waals surface area contributed by atoms with Crippen LogP contribution >= 0.6 is 0 Å². The smallest absolute Gasteiger partial charge is 0.126 e. The van der Waals surface area contributed by atoms with E-state index in [4.69, 9.17) is 4.74 Å². The number of nitrogens with zero attached hydrogens (tertiary/aromatic N) is 2. The van der Waals surface area contributed by atoms with Crippen molar-refractivity contribution in [3.05, 3.63) is 40.8 Å². The minimum atomic E-state index is 0.804. The molecule has 0 aliphatic heterocycles. The van der Waals surface area contributed by atoms with Crippen LogP contribution in [0.1, 0.15) is 22.6 Å². The van der Waals surface area contributed by atoms with E-state index in [0.717, 1.165) is 39.7 Å². The molecule has 1 aromatic carbocycles. The fourth-order valence-electron chi connectivity index (χ4n) is 2.14. The van der Waals surface area contributed by atoms with Gasteiger partial charge in [-0.05, 0) is 57.0 Å². The molecule has 18 heavy (non-hydrogen) atoms. The van der Waals surface area contributed by atoms with E-state index in [0.29, 0.717) is 0 Å². The van der Waals surface area contributed by atoms with Crippen LogP contribution in [0, 0.1) is 27.7 Å². The van der Waals surface area contributed by atoms with E-state index in [1.165, 1.54) is 0 Å². The average Bonchev–Trinajstić information content (AvgIpc) is 2.30. The van der Waals surface area contributed by atoms with Crippen molar-refractivity contribution in [2.75, 3.05) is 7.11 Å². The molecule has 0 aliphatic rings. The molecule has 0 N–H and O–H groups in total. The van der Waals surface area contributed by atoms with Gasteiger partial charge in [0.05, 0.1) is 12.8 Å². The topological polar surface area (TPSA) is 35.0 Å². The van der Waals surface area contributed by atoms with Gasteiger partial charge in [0.2, 0.25) is 0 Å². The van der Waals surface area contributed by atoms with Crippen molar-refractivity contribution >= 4 is 0 Å². The summed E-state index contributed by atoms with van der Waals surface area (Å²) < 4.78 is 5.33. The third kappa shape index (κ3) is 2.35. The van der Waals surface area contributed by atoms with E-state index >= 15 is 0 Å². The first-order valence-electron chi connectivity index (χ1n) is 5.99. The van der Waals surface area contributed by atoms with Crippen molar-refractivity contribution in [1.29, 1.82) is 0 Å². The maximum Gasteiger partial charge on any atom is 0.126 e. The van der Waals surface area contributed by atoms with E-state index in [9.17, 15) is 0 Å². The Balaban J connectivity index is 2.60. The largest absolute Gasteiger partial charge is 0.496 e. The summed E-state index contributed by atoms with van der Waals surface area (Å²) in [5, 5.41) is 0. The van der Waals surface area contributed by atoms with Gasteiger partial charge in [-0.1, -0.05) is 0 Å². The summed E-state index contributed by atoms with van der Waals surface area (Å²) in [5.74, 6) is 1.72. The number of aryl methyl sites for hydroxylation is 4. The van der Waals surface area contributed by atoms with Crippen LogP contribution in [0.3, 0.4) is 0 Å². The Morgan fingerprint density at radius 3 is 2.22 bits per heavy atom. The molecule has 0 amide bonds. The second-order valence-electron chi connectivity index (χ2n) is 4.58. The molecule has 0 saturated heterocycles. The summed E-state index contributed by atoms with van der Waals surface area (Å²) in [5.41, 5.74) is 5.39. The minimum absolute atomic E-state index is 0.804. The number of benzene rings is 1. The van der Waals surface area contributed by atoms with Crippen LogP contribution in [0.5, 0.6) is 5.75 Å². The highest BCUT2D eigenvalue weighted by Crippen LogP contribution is 2.29. The van der Waals surface area contributed by atoms with Gasteiger partial charge in [-0.15, -0.1) is 0 Å². The molecule has 2 aromatic rings. The first kappa shape index (κ1) is 12.6. The quantitative estimate of drug-likeness (QED) is 0.809. The lowest BCUT2D eigenvalue weighted by molar-refractivity contribution is 0.411. The van der Waals surface area contributed by atoms with Crippen molar-refractivity contribution < 1.29 is 4.74 Å². The lowest BCUT2D eigenvalue weighted by Gasteiger charge is -2.11. The lowest BCUT2D eigenvalue weighted by atomic mass is 10.0. The summed E-state index contributed by atoms with van der Waals surface area (Å²) in [6.07, 6.45) is 0. The van der Waals surface area contributed by atoms with Crippen molar-refractivity contribution in [3.8, 4) is 17.0 Å². The minimum Gasteiger partial charge on any atom is -0.496 e. The van der Waals surface area contributed by atoms with Crippen LogP contribution in [0.15, 0.2) is 18.2 Å². The molecule has 0 radical (unpaired) electrons. The van der Waals surface area contributed by atoms with Crippen LogP contribution < -0.4 is 4.74 Å². The monoisotopic (exact) mass is 242 g/mol. The molecule has 0 atom stereocenters. The summed E-state index contributed by atoms with van der Waals surface area (Å²) in [6.45, 7) is 8.03. The molecular formula is C15H18N2O. The highest BCUT2D eigenvalue weighted by molar-refractivity contribution is 5.66. The lowest BCUT2D eigenvalue weighted by Crippen LogP contribution is -1.97. The SMILES string of the molecule is COc1cc(C)c(-c2cc(C)nc(C)n2)cc1C. The molecular weight excluding hydrogens is 224 g/mol. The Labute approximate surface area is 108 Å². The zero-order chi connectivity index (χ0) is 13.3. The van der Waals surface area contributed by atoms with Crippen molar-refractivity contribution in [3.63, 3.8) is 0 Å². The van der Waals surface area contributed by atoms with Crippen LogP contribution in [0.2, 0.25) is 0 Å². The van der Waals surface area contributed by atoms with Crippen molar-refractivity contribution in [1.82, 2.24) is 9.97 Å². The van der Waals surface area contributed by atoms with Gasteiger partial charge in [0.25, 0.3) is 0 Å². The number of aromatic nitrogens is 2. The predicted molar refractivity (Wildman–Crippen MR) is 73.0 cm³/mol. The highest BCUT2D eigenvalue weighted by Gasteiger charge is 2.09. The van der Waals surface area contributed by atoms with Crippen molar-refractivity contribution in [2.24, 2.45) is 0 Å². The molecule has 1 aromatic heterocycles. The normalized spacial score (nSPS) is 10.5. The van der Waals surface area contributed by atoms with E-state index < -0.39 is 0 Å². The van der Waals surface area contributed by atoms with E-state index in [1.54, 1.807) is 7.11 Å². The summed E-state index contributed by atoms with van der Waals surface area (Å²) >= 11 is 0. The van der Waals surface area contributed by atoms with Gasteiger partial charge in [-0.3, -0.25) is 0 Å². The van der Waals surface area contributed by atoms with Crippen LogP contribution in [0.4, 0.5) is 0 Å². The fraction of sp³-hybridized carbons (Fsp3) is 0.333. The summed E-state index contributed by atoms with van der Waals surface area (Å²) in [4.78, 5) is 8.82. The molecule has 0 bridgehead atoms. The Bertz CT molecular complexity index is 571. The van der Waals surface area contributed by atoms with Gasteiger partial charge in [0.15, 0.2) is 0 Å². The van der Waals surface area contributed by atoms with Gasteiger partial charge in [-0.2, -0.15) is 0 Å². The first-order valence-corrected chi connectivity index (χ1v) is 5.99. The summed E-state index contributed by atoms with van der Waals surface area (Å²) in [7, 11) is 1.69. The van der Waals surface area contributed by atoms with Gasteiger partial charge in [-0.25, -0.2) is 9.97 Å². The molecule has 3 nitrogen and oxygen atoms in total. The van der Waals surface area contributed by atoms with Crippen LogP contribution in [-0.4, -0.2) is 17.1 Å². The Morgan fingerprint density at radius 1 is 0.889 bits per heavy atom. The standard InChI is InChI=1S/C15H18N2O/c1-9-7-15(18-5)10(2)6-13(9)14-8-11(3)16-12(4)17-14/h6-8H,1-5H3. The molecule has 0 spiro atoms. The van der Waals surface area contributed by atoms with Gasteiger partial charge in [0.1, 0.15) is 11.6 Å². The molecule has 0 saturated carbocycles. The zero-order valence-electron chi connectivity index (χ0n) is 11.5. The van der Waals surface area contributed by atoms with Gasteiger partial charge >= 0.3 is 0 Å². The first-order chi connectivity index (χ1) is 8.51. The Morgan fingerprint density at radius 2 is 1.61 bits per heavy atom. The fourth-order valence-corrected chi connectivity index (χ4v) is 2.14. The molecule has 2 rings (SSSR count). The Kier molecular flexibility index (Phi) is 3.32. The Hall–Kier alpha value is -1.90. The number of methoxy groups -OCH3 is 1. The van der Waals surface area contributed by atoms with Crippen LogP contribution in [0.25, 0.3) is 11.3 Å². The molecule has 1 heterocycles. The van der Waals surface area contributed by atoms with Gasteiger partial charge in [0, 0.05) is 11.3 Å². The molecule has 0 aliphatic carbocycles. The average molecular weight is 242 g/mol. The molecule has 0 unspecified atom stereocenters. The molecule has 0 fully saturated rings. The van der Waals surface area contributed by atoms with E-state index in [2.05, 4.69) is 29.0 Å². The highest BCUT2D eigenvalue weighted by atomic mass is 16.5. The predicted octanol–water partition coefficient (Wildman–Crippen LogP) is 3.39. The number of hydrogen-bond acceptors (Lipinski definition) is 3. The number of hydrogen-bond donors (Lipinski definition) is 0. The summed E-state index contributed by atoms with van der Waals surface area (Å²) in [6, 6.07) is 6.19. The second-order valence-corrected chi connectivity index (χ2v) is 4.58. The number of rotatable bonds is 2. The number of ether oxygens (including phenoxy) is 1. The molecule has 3 heteroatoms. The van der Waals surface area contributed by atoms with E-state index in [-0.39, 0.29) is 0 Å². The second kappa shape index (κ2) is 4.77. The maximum absolute atomic E-state index is 5.33. The zero-order valence-corrected chi connectivity index (χ0v) is 11.5.